The van der Waals surface area contributed by atoms with Crippen LogP contribution in [0.25, 0.3) is 0 Å². The number of hydrogen-bond donors (Lipinski definition) is 0. The highest BCUT2D eigenvalue weighted by Crippen LogP contribution is 2.33. The standard InChI is InChI=1S/C18H17NO5/c1-12-3-2-4-13-11-16(9-10-17(12)13)24-18(20)23-15-7-5-14(6-8-15)19(21)22/h5-12H,2-4H2,1H3. The first-order chi connectivity index (χ1) is 11.5. The monoisotopic (exact) mass is 327 g/mol. The summed E-state index contributed by atoms with van der Waals surface area (Å²) in [6.45, 7) is 2.20. The van der Waals surface area contributed by atoms with Gasteiger partial charge in [-0.25, -0.2) is 4.79 Å². The number of hydrogen-bond acceptors (Lipinski definition) is 5. The highest BCUT2D eigenvalue weighted by Gasteiger charge is 2.18. The largest absolute Gasteiger partial charge is 0.519 e. The fraction of sp³-hybridized carbons (Fsp3) is 0.278. The normalized spacial score (nSPS) is 16.1. The van der Waals surface area contributed by atoms with Crippen LogP contribution in [0.5, 0.6) is 11.5 Å². The Kier molecular flexibility index (Phi) is 4.46. The topological polar surface area (TPSA) is 78.7 Å². The fourth-order valence-electron chi connectivity index (χ4n) is 2.95. The Morgan fingerprint density at radius 3 is 2.50 bits per heavy atom. The number of non-ortho nitro benzene ring substituents is 1. The number of ether oxygens (including phenoxy) is 2. The number of nitro groups is 1. The lowest BCUT2D eigenvalue weighted by molar-refractivity contribution is -0.384. The molecule has 0 heterocycles. The summed E-state index contributed by atoms with van der Waals surface area (Å²) in [5.74, 6) is 1.15. The molecule has 2 aromatic rings. The number of nitro benzene ring substituents is 1. The van der Waals surface area contributed by atoms with Crippen molar-refractivity contribution in [3.63, 3.8) is 0 Å². The molecular formula is C18H17NO5. The highest BCUT2D eigenvalue weighted by atomic mass is 16.7. The molecule has 0 aliphatic heterocycles. The van der Waals surface area contributed by atoms with Gasteiger partial charge in [-0.2, -0.15) is 0 Å². The van der Waals surface area contributed by atoms with E-state index in [0.717, 1.165) is 12.8 Å². The van der Waals surface area contributed by atoms with Crippen LogP contribution in [-0.4, -0.2) is 11.1 Å². The Hall–Kier alpha value is -2.89. The molecule has 2 aromatic carbocycles. The first-order valence-corrected chi connectivity index (χ1v) is 7.80. The van der Waals surface area contributed by atoms with Crippen LogP contribution in [0.2, 0.25) is 0 Å². The van der Waals surface area contributed by atoms with Crippen molar-refractivity contribution in [2.24, 2.45) is 0 Å². The van der Waals surface area contributed by atoms with Gasteiger partial charge in [-0.3, -0.25) is 10.1 Å². The molecule has 0 saturated carbocycles. The van der Waals surface area contributed by atoms with Crippen LogP contribution in [0.3, 0.4) is 0 Å². The molecule has 1 aliphatic rings. The lowest BCUT2D eigenvalue weighted by Crippen LogP contribution is -2.14. The Balaban J connectivity index is 1.65. The van der Waals surface area contributed by atoms with Gasteiger partial charge in [0.2, 0.25) is 0 Å². The molecule has 1 aliphatic carbocycles. The van der Waals surface area contributed by atoms with Crippen molar-refractivity contribution in [3.8, 4) is 11.5 Å². The Labute approximate surface area is 139 Å². The van der Waals surface area contributed by atoms with E-state index >= 15 is 0 Å². The third-order valence-corrected chi connectivity index (χ3v) is 4.18. The second-order valence-corrected chi connectivity index (χ2v) is 5.86. The summed E-state index contributed by atoms with van der Waals surface area (Å²) >= 11 is 0. The summed E-state index contributed by atoms with van der Waals surface area (Å²) in [5.41, 5.74) is 2.44. The predicted octanol–water partition coefficient (Wildman–Crippen LogP) is 4.61. The van der Waals surface area contributed by atoms with Gasteiger partial charge in [-0.1, -0.05) is 13.0 Å². The van der Waals surface area contributed by atoms with Gasteiger partial charge in [-0.05, 0) is 60.6 Å². The zero-order valence-corrected chi connectivity index (χ0v) is 13.2. The molecule has 0 bridgehead atoms. The average molecular weight is 327 g/mol. The molecule has 124 valence electrons. The van der Waals surface area contributed by atoms with Gasteiger partial charge in [0.25, 0.3) is 5.69 Å². The minimum Gasteiger partial charge on any atom is -0.395 e. The molecule has 1 atom stereocenters. The van der Waals surface area contributed by atoms with Gasteiger partial charge in [0.1, 0.15) is 11.5 Å². The van der Waals surface area contributed by atoms with Crippen molar-refractivity contribution in [1.29, 1.82) is 0 Å². The van der Waals surface area contributed by atoms with Crippen molar-refractivity contribution < 1.29 is 19.2 Å². The third kappa shape index (κ3) is 3.53. The number of nitrogens with zero attached hydrogens (tertiary/aromatic N) is 1. The van der Waals surface area contributed by atoms with E-state index in [-0.39, 0.29) is 11.4 Å². The van der Waals surface area contributed by atoms with E-state index < -0.39 is 11.1 Å². The summed E-state index contributed by atoms with van der Waals surface area (Å²) in [7, 11) is 0. The number of fused-ring (bicyclic) bond motifs is 1. The van der Waals surface area contributed by atoms with E-state index in [2.05, 4.69) is 6.92 Å². The van der Waals surface area contributed by atoms with Crippen molar-refractivity contribution in [2.75, 3.05) is 0 Å². The second kappa shape index (κ2) is 6.70. The number of aryl methyl sites for hydroxylation is 1. The van der Waals surface area contributed by atoms with Crippen LogP contribution >= 0.6 is 0 Å². The molecule has 0 fully saturated rings. The number of carbonyl (C=O) groups is 1. The van der Waals surface area contributed by atoms with Crippen molar-refractivity contribution in [2.45, 2.75) is 32.1 Å². The van der Waals surface area contributed by atoms with Crippen LogP contribution in [0.15, 0.2) is 42.5 Å². The molecule has 0 radical (unpaired) electrons. The number of benzene rings is 2. The molecule has 0 spiro atoms. The zero-order valence-electron chi connectivity index (χ0n) is 13.2. The zero-order chi connectivity index (χ0) is 17.1. The quantitative estimate of drug-likeness (QED) is 0.356. The van der Waals surface area contributed by atoms with Crippen molar-refractivity contribution >= 4 is 11.8 Å². The minimum absolute atomic E-state index is 0.0699. The van der Waals surface area contributed by atoms with Gasteiger partial charge in [-0.15, -0.1) is 0 Å². The highest BCUT2D eigenvalue weighted by molar-refractivity contribution is 5.67. The Morgan fingerprint density at radius 2 is 1.79 bits per heavy atom. The summed E-state index contributed by atoms with van der Waals surface area (Å²) < 4.78 is 10.2. The summed E-state index contributed by atoms with van der Waals surface area (Å²) in [6, 6.07) is 10.9. The third-order valence-electron chi connectivity index (χ3n) is 4.18. The number of carbonyl (C=O) groups excluding carboxylic acids is 1. The molecule has 3 rings (SSSR count). The van der Waals surface area contributed by atoms with E-state index in [4.69, 9.17) is 9.47 Å². The second-order valence-electron chi connectivity index (χ2n) is 5.86. The summed E-state index contributed by atoms with van der Waals surface area (Å²) in [4.78, 5) is 21.9. The van der Waals surface area contributed by atoms with Crippen molar-refractivity contribution in [3.05, 3.63) is 63.7 Å². The molecule has 24 heavy (non-hydrogen) atoms. The minimum atomic E-state index is -0.868. The van der Waals surface area contributed by atoms with Crippen LogP contribution in [0.1, 0.15) is 36.8 Å². The maximum atomic E-state index is 11.9. The number of rotatable bonds is 3. The van der Waals surface area contributed by atoms with Gasteiger partial charge in [0, 0.05) is 12.1 Å². The fourth-order valence-corrected chi connectivity index (χ4v) is 2.95. The van der Waals surface area contributed by atoms with E-state index in [1.54, 1.807) is 6.07 Å². The molecule has 0 aromatic heterocycles. The van der Waals surface area contributed by atoms with E-state index in [1.807, 2.05) is 12.1 Å². The summed E-state index contributed by atoms with van der Waals surface area (Å²) in [5, 5.41) is 10.6. The lowest BCUT2D eigenvalue weighted by Gasteiger charge is -2.22. The maximum Gasteiger partial charge on any atom is 0.519 e. The van der Waals surface area contributed by atoms with Crippen LogP contribution < -0.4 is 9.47 Å². The maximum absolute atomic E-state index is 11.9. The van der Waals surface area contributed by atoms with E-state index in [1.165, 1.54) is 41.8 Å². The van der Waals surface area contributed by atoms with Gasteiger partial charge >= 0.3 is 6.16 Å². The average Bonchev–Trinajstić information content (AvgIpc) is 2.55. The summed E-state index contributed by atoms with van der Waals surface area (Å²) in [6.07, 6.45) is 2.42. The molecule has 6 heteroatoms. The van der Waals surface area contributed by atoms with E-state index in [9.17, 15) is 14.9 Å². The molecule has 6 nitrogen and oxygen atoms in total. The SMILES string of the molecule is CC1CCCc2cc(OC(=O)Oc3ccc([N+](=O)[O-])cc3)ccc21. The Morgan fingerprint density at radius 1 is 1.12 bits per heavy atom. The molecule has 1 unspecified atom stereocenters. The lowest BCUT2D eigenvalue weighted by atomic mass is 9.84. The first kappa shape index (κ1) is 16.0. The Bertz CT molecular complexity index is 769. The van der Waals surface area contributed by atoms with E-state index in [0.29, 0.717) is 11.7 Å². The van der Waals surface area contributed by atoms with Gasteiger partial charge in [0.05, 0.1) is 4.92 Å². The van der Waals surface area contributed by atoms with Crippen molar-refractivity contribution in [1.82, 2.24) is 0 Å². The molecule has 0 amide bonds. The molecular weight excluding hydrogens is 310 g/mol. The van der Waals surface area contributed by atoms with Crippen LogP contribution in [0, 0.1) is 10.1 Å². The molecule has 0 saturated heterocycles. The predicted molar refractivity (Wildman–Crippen MR) is 87.5 cm³/mol. The van der Waals surface area contributed by atoms with Gasteiger partial charge in [0.15, 0.2) is 0 Å². The molecule has 0 N–H and O–H groups in total. The first-order valence-electron chi connectivity index (χ1n) is 7.80. The van der Waals surface area contributed by atoms with Crippen LogP contribution in [0.4, 0.5) is 10.5 Å². The van der Waals surface area contributed by atoms with Gasteiger partial charge < -0.3 is 9.47 Å². The van der Waals surface area contributed by atoms with Crippen LogP contribution in [-0.2, 0) is 6.42 Å². The smallest absolute Gasteiger partial charge is 0.395 e.